The fourth-order valence-electron chi connectivity index (χ4n) is 3.18. The van der Waals surface area contributed by atoms with Crippen LogP contribution >= 0.6 is 0 Å². The van der Waals surface area contributed by atoms with Crippen molar-refractivity contribution in [2.45, 2.75) is 32.6 Å². The van der Waals surface area contributed by atoms with E-state index in [9.17, 15) is 4.79 Å². The minimum atomic E-state index is -0.0558. The Hall–Kier alpha value is -3.77. The summed E-state index contributed by atoms with van der Waals surface area (Å²) in [6, 6.07) is 27.8. The Kier molecular flexibility index (Phi) is 7.39. The van der Waals surface area contributed by atoms with Gasteiger partial charge in [-0.25, -0.2) is 0 Å². The maximum absolute atomic E-state index is 12.2. The molecule has 0 aliphatic carbocycles. The summed E-state index contributed by atoms with van der Waals surface area (Å²) in [6.45, 7) is 1.62. The number of benzene rings is 3. The second kappa shape index (κ2) is 11.0. The van der Waals surface area contributed by atoms with E-state index in [0.29, 0.717) is 44.3 Å². The average molecular weight is 428 g/mol. The second-order valence-corrected chi connectivity index (χ2v) is 7.45. The number of aromatic nitrogens is 2. The van der Waals surface area contributed by atoms with Crippen molar-refractivity contribution in [3.63, 3.8) is 0 Å². The fraction of sp³-hybridized carbons (Fsp3) is 0.192. The van der Waals surface area contributed by atoms with Crippen molar-refractivity contribution in [3.8, 4) is 11.4 Å². The molecule has 1 aromatic heterocycles. The summed E-state index contributed by atoms with van der Waals surface area (Å²) in [5.74, 6) is 0.937. The van der Waals surface area contributed by atoms with Gasteiger partial charge in [0.1, 0.15) is 0 Å². The van der Waals surface area contributed by atoms with Gasteiger partial charge in [0.25, 0.3) is 0 Å². The van der Waals surface area contributed by atoms with Crippen LogP contribution in [0.3, 0.4) is 0 Å². The summed E-state index contributed by atoms with van der Waals surface area (Å²) in [7, 11) is 0. The van der Waals surface area contributed by atoms with E-state index in [2.05, 4.69) is 15.5 Å². The highest BCUT2D eigenvalue weighted by Crippen LogP contribution is 2.15. The van der Waals surface area contributed by atoms with E-state index in [0.717, 1.165) is 22.3 Å². The number of rotatable bonds is 10. The molecule has 162 valence electrons. The van der Waals surface area contributed by atoms with Crippen molar-refractivity contribution in [2.75, 3.05) is 0 Å². The van der Waals surface area contributed by atoms with Crippen LogP contribution in [0.25, 0.3) is 11.4 Å². The smallest absolute Gasteiger partial charge is 0.227 e. The van der Waals surface area contributed by atoms with Crippen LogP contribution in [0.5, 0.6) is 0 Å². The number of nitrogens with zero attached hydrogens (tertiary/aromatic N) is 2. The van der Waals surface area contributed by atoms with Gasteiger partial charge in [-0.05, 0) is 16.7 Å². The van der Waals surface area contributed by atoms with Gasteiger partial charge < -0.3 is 14.6 Å². The lowest BCUT2D eigenvalue weighted by Crippen LogP contribution is -2.23. The van der Waals surface area contributed by atoms with Gasteiger partial charge in [0.2, 0.25) is 17.6 Å². The molecular formula is C26H25N3O3. The summed E-state index contributed by atoms with van der Waals surface area (Å²) in [4.78, 5) is 16.5. The van der Waals surface area contributed by atoms with E-state index < -0.39 is 0 Å². The van der Waals surface area contributed by atoms with Crippen LogP contribution in [-0.4, -0.2) is 16.0 Å². The maximum atomic E-state index is 12.2. The first kappa shape index (κ1) is 21.5. The molecule has 1 heterocycles. The number of ether oxygens (including phenoxy) is 1. The van der Waals surface area contributed by atoms with Gasteiger partial charge >= 0.3 is 0 Å². The zero-order valence-electron chi connectivity index (χ0n) is 17.7. The quantitative estimate of drug-likeness (QED) is 0.397. The highest BCUT2D eigenvalue weighted by molar-refractivity contribution is 5.76. The van der Waals surface area contributed by atoms with Crippen molar-refractivity contribution >= 4 is 5.91 Å². The van der Waals surface area contributed by atoms with E-state index in [4.69, 9.17) is 9.26 Å². The van der Waals surface area contributed by atoms with E-state index in [1.54, 1.807) is 0 Å². The molecule has 4 rings (SSSR count). The molecule has 0 atom stereocenters. The zero-order chi connectivity index (χ0) is 22.0. The molecule has 0 saturated heterocycles. The van der Waals surface area contributed by atoms with Crippen LogP contribution in [0.2, 0.25) is 0 Å². The Balaban J connectivity index is 1.17. The largest absolute Gasteiger partial charge is 0.372 e. The summed E-state index contributed by atoms with van der Waals surface area (Å²) in [5.41, 5.74) is 4.18. The van der Waals surface area contributed by atoms with E-state index in [-0.39, 0.29) is 5.91 Å². The van der Waals surface area contributed by atoms with Gasteiger partial charge in [0.15, 0.2) is 0 Å². The standard InChI is InChI=1S/C26H25N3O3/c30-24(15-16-25-28-26(29-32-25)23-9-5-2-6-10-23)27-17-20-11-13-22(14-12-20)19-31-18-21-7-3-1-4-8-21/h1-14H,15-19H2,(H,27,30). The van der Waals surface area contributed by atoms with Crippen molar-refractivity contribution < 1.29 is 14.1 Å². The first-order valence-electron chi connectivity index (χ1n) is 10.6. The molecule has 6 nitrogen and oxygen atoms in total. The highest BCUT2D eigenvalue weighted by atomic mass is 16.5. The minimum Gasteiger partial charge on any atom is -0.372 e. The fourth-order valence-corrected chi connectivity index (χ4v) is 3.18. The topological polar surface area (TPSA) is 77.2 Å². The normalized spacial score (nSPS) is 10.8. The van der Waals surface area contributed by atoms with Crippen LogP contribution in [-0.2, 0) is 35.7 Å². The SMILES string of the molecule is O=C(CCc1nc(-c2ccccc2)no1)NCc1ccc(COCc2ccccc2)cc1. The molecule has 32 heavy (non-hydrogen) atoms. The maximum Gasteiger partial charge on any atom is 0.227 e. The Morgan fingerprint density at radius 3 is 2.16 bits per heavy atom. The number of carbonyl (C=O) groups excluding carboxylic acids is 1. The first-order valence-corrected chi connectivity index (χ1v) is 10.6. The lowest BCUT2D eigenvalue weighted by molar-refractivity contribution is -0.121. The Morgan fingerprint density at radius 1 is 0.812 bits per heavy atom. The van der Waals surface area contributed by atoms with Crippen molar-refractivity contribution in [1.82, 2.24) is 15.5 Å². The molecule has 0 fully saturated rings. The molecular weight excluding hydrogens is 402 g/mol. The summed E-state index contributed by atoms with van der Waals surface area (Å²) in [6.07, 6.45) is 0.700. The first-order chi connectivity index (χ1) is 15.8. The lowest BCUT2D eigenvalue weighted by Gasteiger charge is -2.07. The molecule has 0 spiro atoms. The van der Waals surface area contributed by atoms with E-state index >= 15 is 0 Å². The molecule has 0 aliphatic heterocycles. The van der Waals surface area contributed by atoms with E-state index in [1.807, 2.05) is 84.9 Å². The summed E-state index contributed by atoms with van der Waals surface area (Å²) >= 11 is 0. The molecule has 3 aromatic carbocycles. The van der Waals surface area contributed by atoms with Crippen molar-refractivity contribution in [1.29, 1.82) is 0 Å². The van der Waals surface area contributed by atoms with Crippen LogP contribution in [0, 0.1) is 0 Å². The summed E-state index contributed by atoms with van der Waals surface area (Å²) < 4.78 is 11.0. The van der Waals surface area contributed by atoms with E-state index in [1.165, 1.54) is 0 Å². The zero-order valence-corrected chi connectivity index (χ0v) is 17.7. The lowest BCUT2D eigenvalue weighted by atomic mass is 10.1. The molecule has 0 radical (unpaired) electrons. The highest BCUT2D eigenvalue weighted by Gasteiger charge is 2.10. The number of nitrogens with one attached hydrogen (secondary N) is 1. The molecule has 0 aliphatic rings. The van der Waals surface area contributed by atoms with Crippen LogP contribution in [0.4, 0.5) is 0 Å². The number of carbonyl (C=O) groups is 1. The molecule has 4 aromatic rings. The number of hydrogen-bond acceptors (Lipinski definition) is 5. The van der Waals surface area contributed by atoms with Gasteiger partial charge in [0, 0.05) is 24.9 Å². The average Bonchev–Trinajstić information content (AvgIpc) is 3.33. The third-order valence-electron chi connectivity index (χ3n) is 4.96. The predicted octanol–water partition coefficient (Wildman–Crippen LogP) is 4.70. The molecule has 1 amide bonds. The van der Waals surface area contributed by atoms with Crippen LogP contribution in [0.1, 0.15) is 29.0 Å². The molecule has 1 N–H and O–H groups in total. The van der Waals surface area contributed by atoms with Crippen LogP contribution in [0.15, 0.2) is 89.5 Å². The van der Waals surface area contributed by atoms with Gasteiger partial charge in [-0.15, -0.1) is 0 Å². The predicted molar refractivity (Wildman–Crippen MR) is 121 cm³/mol. The van der Waals surface area contributed by atoms with Gasteiger partial charge in [-0.3, -0.25) is 4.79 Å². The minimum absolute atomic E-state index is 0.0558. The third kappa shape index (κ3) is 6.36. The number of hydrogen-bond donors (Lipinski definition) is 1. The van der Waals surface area contributed by atoms with Gasteiger partial charge in [0.05, 0.1) is 13.2 Å². The Bertz CT molecular complexity index is 1110. The molecule has 0 bridgehead atoms. The van der Waals surface area contributed by atoms with Crippen molar-refractivity contribution in [2.24, 2.45) is 0 Å². The second-order valence-electron chi connectivity index (χ2n) is 7.45. The molecule has 0 saturated carbocycles. The molecule has 0 unspecified atom stereocenters. The summed E-state index contributed by atoms with van der Waals surface area (Å²) in [5, 5.41) is 6.91. The van der Waals surface area contributed by atoms with Crippen LogP contribution < -0.4 is 5.32 Å². The van der Waals surface area contributed by atoms with Gasteiger partial charge in [-0.1, -0.05) is 90.1 Å². The molecule has 6 heteroatoms. The van der Waals surface area contributed by atoms with Gasteiger partial charge in [-0.2, -0.15) is 4.98 Å². The van der Waals surface area contributed by atoms with Crippen molar-refractivity contribution in [3.05, 3.63) is 108 Å². The Labute approximate surface area is 187 Å². The third-order valence-corrected chi connectivity index (χ3v) is 4.96. The number of aryl methyl sites for hydroxylation is 1. The monoisotopic (exact) mass is 427 g/mol. The Morgan fingerprint density at radius 2 is 1.44 bits per heavy atom. The number of amides is 1.